The van der Waals surface area contributed by atoms with Gasteiger partial charge in [-0.15, -0.1) is 0 Å². The lowest BCUT2D eigenvalue weighted by atomic mass is 10.1. The molecular weight excluding hydrogens is 383 g/mol. The van der Waals surface area contributed by atoms with Crippen LogP contribution in [0.3, 0.4) is 0 Å². The number of rotatable bonds is 6. The van der Waals surface area contributed by atoms with Gasteiger partial charge in [-0.3, -0.25) is 9.59 Å². The van der Waals surface area contributed by atoms with Gasteiger partial charge in [0.05, 0.1) is 5.52 Å². The summed E-state index contributed by atoms with van der Waals surface area (Å²) in [6.45, 7) is 0.198. The molecular formula is C21H18ClFN2O3. The first-order valence-electron chi connectivity index (χ1n) is 8.64. The molecule has 0 radical (unpaired) electrons. The molecule has 0 spiro atoms. The number of amides is 1. The van der Waals surface area contributed by atoms with Crippen molar-refractivity contribution in [3.05, 3.63) is 86.4 Å². The van der Waals surface area contributed by atoms with Gasteiger partial charge >= 0.3 is 0 Å². The largest absolute Gasteiger partial charge is 0.396 e. The highest BCUT2D eigenvalue weighted by molar-refractivity contribution is 6.30. The lowest BCUT2D eigenvalue weighted by Gasteiger charge is -2.08. The summed E-state index contributed by atoms with van der Waals surface area (Å²) in [4.78, 5) is 28.1. The molecule has 5 nitrogen and oxygen atoms in total. The zero-order valence-electron chi connectivity index (χ0n) is 14.8. The SMILES string of the molecule is O=C(NCc1ccc(Cl)cc1)c1c[nH]c2c(C=CCCO)cc(F)cc2c1=O. The second-order valence-electron chi connectivity index (χ2n) is 6.17. The summed E-state index contributed by atoms with van der Waals surface area (Å²) in [5.74, 6) is -1.14. The second-order valence-corrected chi connectivity index (χ2v) is 6.61. The zero-order valence-corrected chi connectivity index (χ0v) is 15.6. The molecule has 7 heteroatoms. The molecule has 28 heavy (non-hydrogen) atoms. The molecule has 0 saturated heterocycles. The van der Waals surface area contributed by atoms with Crippen LogP contribution in [-0.4, -0.2) is 22.6 Å². The minimum Gasteiger partial charge on any atom is -0.396 e. The van der Waals surface area contributed by atoms with Crippen molar-refractivity contribution >= 4 is 34.5 Å². The van der Waals surface area contributed by atoms with Crippen LogP contribution < -0.4 is 10.7 Å². The summed E-state index contributed by atoms with van der Waals surface area (Å²) in [7, 11) is 0. The number of hydrogen-bond acceptors (Lipinski definition) is 3. The molecule has 0 bridgehead atoms. The molecule has 0 saturated carbocycles. The quantitative estimate of drug-likeness (QED) is 0.590. The maximum absolute atomic E-state index is 14.0. The van der Waals surface area contributed by atoms with Crippen molar-refractivity contribution < 1.29 is 14.3 Å². The molecule has 0 unspecified atom stereocenters. The molecule has 1 heterocycles. The molecule has 3 aromatic rings. The maximum Gasteiger partial charge on any atom is 0.257 e. The Bertz CT molecular complexity index is 1090. The van der Waals surface area contributed by atoms with Crippen molar-refractivity contribution in [3.63, 3.8) is 0 Å². The maximum atomic E-state index is 14.0. The van der Waals surface area contributed by atoms with E-state index in [0.717, 1.165) is 11.6 Å². The highest BCUT2D eigenvalue weighted by atomic mass is 35.5. The van der Waals surface area contributed by atoms with Gasteiger partial charge in [0.25, 0.3) is 5.91 Å². The predicted molar refractivity (Wildman–Crippen MR) is 108 cm³/mol. The molecule has 1 aromatic heterocycles. The van der Waals surface area contributed by atoms with Crippen LogP contribution in [0.1, 0.15) is 27.9 Å². The number of aromatic amines is 1. The third-order valence-corrected chi connectivity index (χ3v) is 4.44. The van der Waals surface area contributed by atoms with Gasteiger partial charge in [-0.1, -0.05) is 35.9 Å². The molecule has 0 atom stereocenters. The number of nitrogens with one attached hydrogen (secondary N) is 2. The zero-order chi connectivity index (χ0) is 20.1. The Hall–Kier alpha value is -2.96. The number of carbonyl (C=O) groups is 1. The predicted octanol–water partition coefficient (Wildman–Crippen LogP) is 3.65. The first-order valence-corrected chi connectivity index (χ1v) is 9.02. The first-order chi connectivity index (χ1) is 13.5. The highest BCUT2D eigenvalue weighted by Crippen LogP contribution is 2.18. The molecule has 0 aliphatic heterocycles. The van der Waals surface area contributed by atoms with Crippen molar-refractivity contribution in [1.29, 1.82) is 0 Å². The molecule has 144 valence electrons. The molecule has 2 aromatic carbocycles. The van der Waals surface area contributed by atoms with E-state index in [9.17, 15) is 14.0 Å². The third kappa shape index (κ3) is 4.47. The summed E-state index contributed by atoms with van der Waals surface area (Å²) in [6, 6.07) is 9.35. The number of pyridine rings is 1. The van der Waals surface area contributed by atoms with Gasteiger partial charge < -0.3 is 15.4 Å². The van der Waals surface area contributed by atoms with E-state index in [1.54, 1.807) is 36.4 Å². The van der Waals surface area contributed by atoms with Crippen LogP contribution in [0.2, 0.25) is 5.02 Å². The minimum atomic E-state index is -0.583. The number of aliphatic hydroxyl groups excluding tert-OH is 1. The van der Waals surface area contributed by atoms with E-state index < -0.39 is 17.2 Å². The number of benzene rings is 2. The Morgan fingerprint density at radius 3 is 2.71 bits per heavy atom. The number of H-pyrrole nitrogens is 1. The number of aliphatic hydroxyl groups is 1. The molecule has 3 N–H and O–H groups in total. The van der Waals surface area contributed by atoms with Gasteiger partial charge in [-0.25, -0.2) is 4.39 Å². The van der Waals surface area contributed by atoms with Crippen LogP contribution in [0.4, 0.5) is 4.39 Å². The fraction of sp³-hybridized carbons (Fsp3) is 0.143. The summed E-state index contributed by atoms with van der Waals surface area (Å²) < 4.78 is 14.0. The molecule has 0 aliphatic rings. The lowest BCUT2D eigenvalue weighted by molar-refractivity contribution is 0.0949. The van der Waals surface area contributed by atoms with Crippen molar-refractivity contribution in [1.82, 2.24) is 10.3 Å². The number of fused-ring (bicyclic) bond motifs is 1. The van der Waals surface area contributed by atoms with E-state index in [1.165, 1.54) is 12.3 Å². The average molecular weight is 401 g/mol. The van der Waals surface area contributed by atoms with E-state index >= 15 is 0 Å². The Balaban J connectivity index is 1.89. The summed E-state index contributed by atoms with van der Waals surface area (Å²) >= 11 is 5.83. The Morgan fingerprint density at radius 1 is 1.25 bits per heavy atom. The van der Waals surface area contributed by atoms with Crippen LogP contribution in [0.25, 0.3) is 17.0 Å². The highest BCUT2D eigenvalue weighted by Gasteiger charge is 2.15. The van der Waals surface area contributed by atoms with Crippen LogP contribution in [0, 0.1) is 5.82 Å². The fourth-order valence-corrected chi connectivity index (χ4v) is 2.91. The minimum absolute atomic E-state index is 0.0296. The van der Waals surface area contributed by atoms with Crippen LogP contribution in [-0.2, 0) is 6.54 Å². The summed E-state index contributed by atoms with van der Waals surface area (Å²) in [5, 5.41) is 12.2. The first kappa shape index (κ1) is 19.8. The topological polar surface area (TPSA) is 82.2 Å². The molecule has 1 amide bonds. The molecule has 3 rings (SSSR count). The Kier molecular flexibility index (Phi) is 6.23. The Labute approximate surface area is 165 Å². The monoisotopic (exact) mass is 400 g/mol. The van der Waals surface area contributed by atoms with Gasteiger partial charge in [0, 0.05) is 35.3 Å². The number of hydrogen-bond donors (Lipinski definition) is 3. The van der Waals surface area contributed by atoms with Crippen molar-refractivity contribution in [2.24, 2.45) is 0 Å². The summed E-state index contributed by atoms with van der Waals surface area (Å²) in [6.07, 6.45) is 5.04. The van der Waals surface area contributed by atoms with E-state index in [2.05, 4.69) is 10.3 Å². The number of halogens is 2. The standard InChI is InChI=1S/C21H18ClFN2O3/c22-15-6-4-13(5-7-15)11-25-21(28)18-12-24-19-14(3-1-2-8-26)9-16(23)10-17(19)20(18)27/h1,3-7,9-10,12,26H,2,8,11H2,(H,24,27)(H,25,28). The van der Waals surface area contributed by atoms with Crippen molar-refractivity contribution in [2.75, 3.05) is 6.61 Å². The smallest absolute Gasteiger partial charge is 0.257 e. The normalized spacial score (nSPS) is 11.2. The van der Waals surface area contributed by atoms with Gasteiger partial charge in [0.2, 0.25) is 5.43 Å². The van der Waals surface area contributed by atoms with Gasteiger partial charge in [-0.05, 0) is 36.2 Å². The second kappa shape index (κ2) is 8.82. The lowest BCUT2D eigenvalue weighted by Crippen LogP contribution is -2.28. The number of carbonyl (C=O) groups excluding carboxylic acids is 1. The van der Waals surface area contributed by atoms with E-state index in [0.29, 0.717) is 22.5 Å². The van der Waals surface area contributed by atoms with Gasteiger partial charge in [0.1, 0.15) is 11.4 Å². The van der Waals surface area contributed by atoms with E-state index in [-0.39, 0.29) is 24.1 Å². The molecule has 0 aliphatic carbocycles. The van der Waals surface area contributed by atoms with Crippen LogP contribution in [0.15, 0.2) is 53.5 Å². The van der Waals surface area contributed by atoms with E-state index in [4.69, 9.17) is 16.7 Å². The van der Waals surface area contributed by atoms with Crippen LogP contribution >= 0.6 is 11.6 Å². The molecule has 0 fully saturated rings. The Morgan fingerprint density at radius 2 is 2.00 bits per heavy atom. The van der Waals surface area contributed by atoms with Crippen molar-refractivity contribution in [3.8, 4) is 0 Å². The van der Waals surface area contributed by atoms with Gasteiger partial charge in [0.15, 0.2) is 0 Å². The number of aromatic nitrogens is 1. The van der Waals surface area contributed by atoms with Gasteiger partial charge in [-0.2, -0.15) is 0 Å². The average Bonchev–Trinajstić information content (AvgIpc) is 2.68. The van der Waals surface area contributed by atoms with Crippen LogP contribution in [0.5, 0.6) is 0 Å². The fourth-order valence-electron chi connectivity index (χ4n) is 2.79. The van der Waals surface area contributed by atoms with Crippen molar-refractivity contribution in [2.45, 2.75) is 13.0 Å². The third-order valence-electron chi connectivity index (χ3n) is 4.19. The van der Waals surface area contributed by atoms with E-state index in [1.807, 2.05) is 0 Å². The summed E-state index contributed by atoms with van der Waals surface area (Å²) in [5.41, 5.74) is 1.07.